The van der Waals surface area contributed by atoms with Crippen LogP contribution in [0.25, 0.3) is 0 Å². The Morgan fingerprint density at radius 3 is 2.40 bits per heavy atom. The second kappa shape index (κ2) is 4.06. The molecule has 0 bridgehead atoms. The number of nitrogens with zero attached hydrogens (tertiary/aromatic N) is 1. The van der Waals surface area contributed by atoms with Crippen LogP contribution in [-0.2, 0) is 10.0 Å². The van der Waals surface area contributed by atoms with Crippen LogP contribution in [0.2, 0.25) is 0 Å². The monoisotopic (exact) mass is 304 g/mol. The number of rotatable bonds is 2. The molecule has 0 aliphatic carbocycles. The first kappa shape index (κ1) is 12.4. The number of hydrogen-bond acceptors (Lipinski definition) is 3. The smallest absolute Gasteiger partial charge is 0.225 e. The highest BCUT2D eigenvalue weighted by atomic mass is 79.9. The molecule has 9 heteroatoms. The summed E-state index contributed by atoms with van der Waals surface area (Å²) in [6, 6.07) is 0.403. The Hall–Kier alpha value is -0.670. The van der Waals surface area contributed by atoms with E-state index >= 15 is 0 Å². The molecular weight excluding hydrogens is 301 g/mol. The Bertz CT molecular complexity index is 491. The molecular formula is C6H4BrF3N2O2S. The van der Waals surface area contributed by atoms with Crippen LogP contribution in [0.5, 0.6) is 0 Å². The van der Waals surface area contributed by atoms with Crippen molar-refractivity contribution in [3.8, 4) is 0 Å². The van der Waals surface area contributed by atoms with Crippen molar-refractivity contribution in [2.24, 2.45) is 5.14 Å². The third-order valence-corrected chi connectivity index (χ3v) is 2.77. The maximum Gasteiger partial charge on any atom is 0.266 e. The minimum absolute atomic E-state index is 0.403. The standard InChI is InChI=1S/C6H4BrF3N2O2S/c7-5-4(8)2(6(9)10)1-3(12-5)15(11,13)14/h1,6H,(H2,11,13,14). The van der Waals surface area contributed by atoms with Crippen molar-refractivity contribution in [1.82, 2.24) is 4.98 Å². The van der Waals surface area contributed by atoms with Crippen molar-refractivity contribution in [2.75, 3.05) is 0 Å². The van der Waals surface area contributed by atoms with E-state index in [-0.39, 0.29) is 0 Å². The first-order valence-corrected chi connectivity index (χ1v) is 5.74. The van der Waals surface area contributed by atoms with Crippen LogP contribution in [-0.4, -0.2) is 13.4 Å². The van der Waals surface area contributed by atoms with E-state index in [1.807, 2.05) is 0 Å². The largest absolute Gasteiger partial charge is 0.266 e. The van der Waals surface area contributed by atoms with E-state index < -0.39 is 37.5 Å². The number of hydrogen-bond donors (Lipinski definition) is 1. The van der Waals surface area contributed by atoms with Crippen LogP contribution in [0.1, 0.15) is 12.0 Å². The number of pyridine rings is 1. The van der Waals surface area contributed by atoms with Crippen molar-refractivity contribution in [1.29, 1.82) is 0 Å². The molecule has 0 saturated carbocycles. The third kappa shape index (κ3) is 2.67. The zero-order chi connectivity index (χ0) is 11.8. The van der Waals surface area contributed by atoms with Gasteiger partial charge in [0.25, 0.3) is 16.4 Å². The zero-order valence-electron chi connectivity index (χ0n) is 6.92. The second-order valence-corrected chi connectivity index (χ2v) is 4.76. The fourth-order valence-corrected chi connectivity index (χ4v) is 1.85. The van der Waals surface area contributed by atoms with Crippen molar-refractivity contribution in [3.05, 3.63) is 22.1 Å². The molecule has 1 rings (SSSR count). The highest BCUT2D eigenvalue weighted by Crippen LogP contribution is 2.27. The molecule has 0 aliphatic rings. The summed E-state index contributed by atoms with van der Waals surface area (Å²) >= 11 is 2.52. The van der Waals surface area contributed by atoms with Gasteiger partial charge in [0.1, 0.15) is 4.60 Å². The number of aromatic nitrogens is 1. The Kier molecular flexibility index (Phi) is 3.36. The molecule has 4 nitrogen and oxygen atoms in total. The zero-order valence-corrected chi connectivity index (χ0v) is 9.32. The summed E-state index contributed by atoms with van der Waals surface area (Å²) in [5.41, 5.74) is -1.07. The van der Waals surface area contributed by atoms with Crippen LogP contribution in [0.15, 0.2) is 15.7 Å². The van der Waals surface area contributed by atoms with E-state index in [0.29, 0.717) is 6.07 Å². The van der Waals surface area contributed by atoms with Crippen molar-refractivity contribution in [3.63, 3.8) is 0 Å². The molecule has 1 aromatic heterocycles. The lowest BCUT2D eigenvalue weighted by Crippen LogP contribution is -2.15. The predicted molar refractivity (Wildman–Crippen MR) is 48.2 cm³/mol. The van der Waals surface area contributed by atoms with Crippen molar-refractivity contribution >= 4 is 26.0 Å². The molecule has 1 aromatic rings. The Balaban J connectivity index is 3.50. The Morgan fingerprint density at radius 1 is 1.47 bits per heavy atom. The number of primary sulfonamides is 1. The molecule has 0 radical (unpaired) electrons. The van der Waals surface area contributed by atoms with Gasteiger partial charge in [0.15, 0.2) is 10.8 Å². The highest BCUT2D eigenvalue weighted by molar-refractivity contribution is 9.10. The Labute approximate surface area is 91.5 Å². The normalized spacial score (nSPS) is 12.1. The van der Waals surface area contributed by atoms with E-state index in [1.165, 1.54) is 0 Å². The third-order valence-electron chi connectivity index (χ3n) is 1.45. The molecule has 0 unspecified atom stereocenters. The average molecular weight is 305 g/mol. The number of halogens is 4. The van der Waals surface area contributed by atoms with Gasteiger partial charge >= 0.3 is 0 Å². The van der Waals surface area contributed by atoms with Gasteiger partial charge in [-0.05, 0) is 22.0 Å². The molecule has 0 spiro atoms. The average Bonchev–Trinajstić information content (AvgIpc) is 2.06. The fraction of sp³-hybridized carbons (Fsp3) is 0.167. The summed E-state index contributed by atoms with van der Waals surface area (Å²) < 4.78 is 58.5. The lowest BCUT2D eigenvalue weighted by molar-refractivity contribution is 0.145. The molecule has 2 N–H and O–H groups in total. The van der Waals surface area contributed by atoms with E-state index in [4.69, 9.17) is 0 Å². The van der Waals surface area contributed by atoms with E-state index in [0.717, 1.165) is 0 Å². The van der Waals surface area contributed by atoms with Crippen LogP contribution >= 0.6 is 15.9 Å². The first-order chi connectivity index (χ1) is 6.73. The molecule has 15 heavy (non-hydrogen) atoms. The topological polar surface area (TPSA) is 73.1 Å². The van der Waals surface area contributed by atoms with Gasteiger partial charge in [-0.15, -0.1) is 0 Å². The minimum atomic E-state index is -4.24. The van der Waals surface area contributed by atoms with Gasteiger partial charge in [-0.2, -0.15) is 0 Å². The van der Waals surface area contributed by atoms with Gasteiger partial charge in [0, 0.05) is 0 Å². The number of sulfonamides is 1. The van der Waals surface area contributed by atoms with Crippen LogP contribution in [0, 0.1) is 5.82 Å². The first-order valence-electron chi connectivity index (χ1n) is 3.40. The SMILES string of the molecule is NS(=O)(=O)c1cc(C(F)F)c(F)c(Br)n1. The van der Waals surface area contributed by atoms with Gasteiger partial charge in [-0.25, -0.2) is 31.7 Å². The molecule has 0 saturated heterocycles. The maximum atomic E-state index is 13.0. The molecule has 0 fully saturated rings. The van der Waals surface area contributed by atoms with E-state index in [2.05, 4.69) is 26.1 Å². The maximum absolute atomic E-state index is 13.0. The van der Waals surface area contributed by atoms with Gasteiger partial charge in [0.2, 0.25) is 0 Å². The molecule has 0 atom stereocenters. The summed E-state index contributed by atoms with van der Waals surface area (Å²) in [5, 5.41) is 3.85. The van der Waals surface area contributed by atoms with E-state index in [9.17, 15) is 21.6 Å². The van der Waals surface area contributed by atoms with Gasteiger partial charge in [0.05, 0.1) is 5.56 Å². The van der Waals surface area contributed by atoms with Gasteiger partial charge < -0.3 is 0 Å². The lowest BCUT2D eigenvalue weighted by atomic mass is 10.3. The molecule has 0 aromatic carbocycles. The number of nitrogens with two attached hydrogens (primary N) is 1. The van der Waals surface area contributed by atoms with Crippen LogP contribution < -0.4 is 5.14 Å². The van der Waals surface area contributed by atoms with Gasteiger partial charge in [-0.1, -0.05) is 0 Å². The summed E-state index contributed by atoms with van der Waals surface area (Å²) in [6.07, 6.45) is -3.15. The molecule has 0 amide bonds. The van der Waals surface area contributed by atoms with Crippen LogP contribution in [0.3, 0.4) is 0 Å². The van der Waals surface area contributed by atoms with E-state index in [1.54, 1.807) is 0 Å². The number of alkyl halides is 2. The fourth-order valence-electron chi connectivity index (χ4n) is 0.798. The molecule has 0 aliphatic heterocycles. The Morgan fingerprint density at radius 2 is 2.00 bits per heavy atom. The molecule has 1 heterocycles. The summed E-state index contributed by atoms with van der Waals surface area (Å²) in [5.74, 6) is -1.31. The lowest BCUT2D eigenvalue weighted by Gasteiger charge is -2.05. The minimum Gasteiger partial charge on any atom is -0.225 e. The summed E-state index contributed by atoms with van der Waals surface area (Å²) in [7, 11) is -4.24. The summed E-state index contributed by atoms with van der Waals surface area (Å²) in [6.45, 7) is 0. The van der Waals surface area contributed by atoms with Crippen molar-refractivity contribution < 1.29 is 21.6 Å². The molecule has 84 valence electrons. The van der Waals surface area contributed by atoms with Gasteiger partial charge in [-0.3, -0.25) is 0 Å². The highest BCUT2D eigenvalue weighted by Gasteiger charge is 2.22. The van der Waals surface area contributed by atoms with Crippen LogP contribution in [0.4, 0.5) is 13.2 Å². The quantitative estimate of drug-likeness (QED) is 0.843. The van der Waals surface area contributed by atoms with Crippen molar-refractivity contribution in [2.45, 2.75) is 11.5 Å². The predicted octanol–water partition coefficient (Wildman–Crippen LogP) is 1.57. The second-order valence-electron chi connectivity index (χ2n) is 2.50. The summed E-state index contributed by atoms with van der Waals surface area (Å²) in [4.78, 5) is 3.18.